The summed E-state index contributed by atoms with van der Waals surface area (Å²) in [5.41, 5.74) is 2.72. The number of rotatable bonds is 5. The van der Waals surface area contributed by atoms with Crippen molar-refractivity contribution in [2.75, 3.05) is 10.6 Å². The maximum absolute atomic E-state index is 11.2. The predicted octanol–water partition coefficient (Wildman–Crippen LogP) is 3.09. The van der Waals surface area contributed by atoms with Gasteiger partial charge in [0.2, 0.25) is 5.91 Å². The highest BCUT2D eigenvalue weighted by atomic mass is 32.1. The molecule has 0 saturated carbocycles. The Morgan fingerprint density at radius 1 is 1.33 bits per heavy atom. The summed E-state index contributed by atoms with van der Waals surface area (Å²) in [6.07, 6.45) is 6.80. The van der Waals surface area contributed by atoms with Crippen LogP contribution in [-0.2, 0) is 4.79 Å². The average Bonchev–Trinajstić information content (AvgIpc) is 3.36. The molecule has 138 valence electrons. The number of hydrogen-bond acceptors (Lipinski definition) is 9. The average molecular weight is 400 g/mol. The van der Waals surface area contributed by atoms with E-state index in [0.717, 1.165) is 33.5 Å². The number of aromatic amines is 1. The van der Waals surface area contributed by atoms with Gasteiger partial charge in [0.1, 0.15) is 0 Å². The topological polar surface area (TPSA) is 121 Å². The second kappa shape index (κ2) is 7.37. The maximum Gasteiger partial charge on any atom is 0.223 e. The third kappa shape index (κ3) is 3.93. The molecule has 0 radical (unpaired) electrons. The number of thiazole rings is 2. The Kier molecular flexibility index (Phi) is 4.77. The van der Waals surface area contributed by atoms with Gasteiger partial charge in [-0.15, -0.1) is 21.5 Å². The molecule has 1 aliphatic carbocycles. The van der Waals surface area contributed by atoms with Crippen molar-refractivity contribution < 1.29 is 4.79 Å². The lowest BCUT2D eigenvalue weighted by Crippen LogP contribution is -2.09. The first-order chi connectivity index (χ1) is 13.1. The second-order valence-corrected chi connectivity index (χ2v) is 7.79. The van der Waals surface area contributed by atoms with Crippen LogP contribution in [0, 0.1) is 6.92 Å². The first kappa shape index (κ1) is 17.5. The zero-order valence-corrected chi connectivity index (χ0v) is 16.2. The SMILES string of the molecule is CC(=O)Nc1nc(C)c(-c2csc(NC3=CC=CC(c4nn[nH]n4)C3)n2)s1. The number of nitrogens with zero attached hydrogens (tertiary/aromatic N) is 5. The molecule has 27 heavy (non-hydrogen) atoms. The van der Waals surface area contributed by atoms with Crippen LogP contribution in [0.2, 0.25) is 0 Å². The molecule has 1 amide bonds. The Hall–Kier alpha value is -2.92. The van der Waals surface area contributed by atoms with Crippen LogP contribution in [0.15, 0.2) is 29.3 Å². The molecular weight excluding hydrogens is 384 g/mol. The molecule has 3 heterocycles. The van der Waals surface area contributed by atoms with E-state index < -0.39 is 0 Å². The lowest BCUT2D eigenvalue weighted by Gasteiger charge is -2.15. The van der Waals surface area contributed by atoms with E-state index in [2.05, 4.69) is 41.2 Å². The number of amides is 1. The van der Waals surface area contributed by atoms with Crippen molar-refractivity contribution in [3.05, 3.63) is 40.8 Å². The van der Waals surface area contributed by atoms with Crippen molar-refractivity contribution in [1.82, 2.24) is 30.6 Å². The third-order valence-corrected chi connectivity index (χ3v) is 5.71. The predicted molar refractivity (Wildman–Crippen MR) is 105 cm³/mol. The van der Waals surface area contributed by atoms with Gasteiger partial charge in [0.15, 0.2) is 16.1 Å². The largest absolute Gasteiger partial charge is 0.335 e. The third-order valence-electron chi connectivity index (χ3n) is 3.86. The summed E-state index contributed by atoms with van der Waals surface area (Å²) >= 11 is 2.94. The van der Waals surface area contributed by atoms with E-state index in [4.69, 9.17) is 0 Å². The van der Waals surface area contributed by atoms with E-state index >= 15 is 0 Å². The highest BCUT2D eigenvalue weighted by molar-refractivity contribution is 7.19. The quantitative estimate of drug-likeness (QED) is 0.601. The Bertz CT molecular complexity index is 1020. The van der Waals surface area contributed by atoms with Gasteiger partial charge in [-0.05, 0) is 13.0 Å². The van der Waals surface area contributed by atoms with Crippen molar-refractivity contribution in [2.24, 2.45) is 0 Å². The van der Waals surface area contributed by atoms with Crippen LogP contribution < -0.4 is 10.6 Å². The summed E-state index contributed by atoms with van der Waals surface area (Å²) in [5.74, 6) is 0.619. The fourth-order valence-electron chi connectivity index (χ4n) is 2.69. The van der Waals surface area contributed by atoms with Crippen molar-refractivity contribution in [2.45, 2.75) is 26.2 Å². The summed E-state index contributed by atoms with van der Waals surface area (Å²) in [4.78, 5) is 21.2. The van der Waals surface area contributed by atoms with E-state index in [-0.39, 0.29) is 11.8 Å². The van der Waals surface area contributed by atoms with E-state index in [1.54, 1.807) is 0 Å². The van der Waals surface area contributed by atoms with Gasteiger partial charge in [0.25, 0.3) is 0 Å². The normalized spacial score (nSPS) is 16.2. The van der Waals surface area contributed by atoms with E-state index in [1.807, 2.05) is 30.5 Å². The number of carbonyl (C=O) groups is 1. The zero-order chi connectivity index (χ0) is 18.8. The van der Waals surface area contributed by atoms with Gasteiger partial charge in [-0.1, -0.05) is 28.7 Å². The fourth-order valence-corrected chi connectivity index (χ4v) is 4.47. The maximum atomic E-state index is 11.2. The van der Waals surface area contributed by atoms with Crippen LogP contribution in [0.3, 0.4) is 0 Å². The van der Waals surface area contributed by atoms with Crippen molar-refractivity contribution in [1.29, 1.82) is 0 Å². The van der Waals surface area contributed by atoms with Crippen molar-refractivity contribution in [3.8, 4) is 10.6 Å². The van der Waals surface area contributed by atoms with Gasteiger partial charge < -0.3 is 10.6 Å². The molecular formula is C16H16N8OS2. The highest BCUT2D eigenvalue weighted by Crippen LogP contribution is 2.35. The molecule has 11 heteroatoms. The van der Waals surface area contributed by atoms with Crippen LogP contribution in [0.4, 0.5) is 10.3 Å². The Morgan fingerprint density at radius 2 is 2.22 bits per heavy atom. The van der Waals surface area contributed by atoms with Gasteiger partial charge in [-0.2, -0.15) is 5.21 Å². The standard InChI is InChI=1S/C16H16N8OS2/c1-8-13(27-16(17-8)18-9(2)25)12-7-26-15(20-12)19-11-5-3-4-10(6-11)14-21-23-24-22-14/h3-5,7,10H,6H2,1-2H3,(H,19,20)(H,17,18,25)(H,21,22,23,24). The van der Waals surface area contributed by atoms with E-state index in [9.17, 15) is 4.79 Å². The molecule has 1 atom stereocenters. The minimum atomic E-state index is -0.135. The van der Waals surface area contributed by atoms with Crippen LogP contribution in [0.5, 0.6) is 0 Å². The molecule has 0 aromatic carbocycles. The van der Waals surface area contributed by atoms with Crippen molar-refractivity contribution in [3.63, 3.8) is 0 Å². The first-order valence-electron chi connectivity index (χ1n) is 8.17. The number of aryl methyl sites for hydroxylation is 1. The van der Waals surface area contributed by atoms with Crippen LogP contribution in [0.25, 0.3) is 10.6 Å². The zero-order valence-electron chi connectivity index (χ0n) is 14.6. The number of nitrogens with one attached hydrogen (secondary N) is 3. The number of allylic oxidation sites excluding steroid dienone is 4. The van der Waals surface area contributed by atoms with Gasteiger partial charge >= 0.3 is 0 Å². The Morgan fingerprint density at radius 3 is 3.00 bits per heavy atom. The van der Waals surface area contributed by atoms with Gasteiger partial charge in [-0.3, -0.25) is 4.79 Å². The summed E-state index contributed by atoms with van der Waals surface area (Å²) in [7, 11) is 0. The lowest BCUT2D eigenvalue weighted by atomic mass is 9.98. The van der Waals surface area contributed by atoms with E-state index in [0.29, 0.717) is 11.0 Å². The number of tetrazole rings is 1. The molecule has 0 spiro atoms. The summed E-state index contributed by atoms with van der Waals surface area (Å²) < 4.78 is 0. The molecule has 0 fully saturated rings. The van der Waals surface area contributed by atoms with Crippen LogP contribution in [0.1, 0.15) is 30.8 Å². The van der Waals surface area contributed by atoms with Crippen LogP contribution in [-0.4, -0.2) is 36.5 Å². The Labute approximate surface area is 162 Å². The number of hydrogen-bond donors (Lipinski definition) is 3. The molecule has 9 nitrogen and oxygen atoms in total. The van der Waals surface area contributed by atoms with Crippen LogP contribution >= 0.6 is 22.7 Å². The first-order valence-corrected chi connectivity index (χ1v) is 9.87. The molecule has 4 rings (SSSR count). The summed E-state index contributed by atoms with van der Waals surface area (Å²) in [6, 6.07) is 0. The minimum absolute atomic E-state index is 0.0830. The number of H-pyrrole nitrogens is 1. The second-order valence-electron chi connectivity index (χ2n) is 5.94. The Balaban J connectivity index is 1.47. The van der Waals surface area contributed by atoms with E-state index in [1.165, 1.54) is 29.6 Å². The van der Waals surface area contributed by atoms with Gasteiger partial charge in [0.05, 0.1) is 16.3 Å². The summed E-state index contributed by atoms with van der Waals surface area (Å²) in [5, 5.41) is 23.7. The molecule has 1 aliphatic rings. The monoisotopic (exact) mass is 400 g/mol. The highest BCUT2D eigenvalue weighted by Gasteiger charge is 2.19. The number of aromatic nitrogens is 6. The van der Waals surface area contributed by atoms with Crippen molar-refractivity contribution >= 4 is 38.8 Å². The molecule has 0 bridgehead atoms. The molecule has 1 unspecified atom stereocenters. The van der Waals surface area contributed by atoms with Gasteiger partial charge in [-0.25, -0.2) is 9.97 Å². The smallest absolute Gasteiger partial charge is 0.223 e. The molecule has 3 aromatic rings. The lowest BCUT2D eigenvalue weighted by molar-refractivity contribution is -0.114. The van der Waals surface area contributed by atoms with Gasteiger partial charge in [0, 0.05) is 30.3 Å². The molecule has 0 aliphatic heterocycles. The number of anilines is 2. The molecule has 0 saturated heterocycles. The fraction of sp³-hybridized carbons (Fsp3) is 0.250. The summed E-state index contributed by atoms with van der Waals surface area (Å²) in [6.45, 7) is 3.38. The molecule has 3 N–H and O–H groups in total. The minimum Gasteiger partial charge on any atom is -0.335 e. The molecule has 3 aromatic heterocycles. The number of carbonyl (C=O) groups excluding carboxylic acids is 1.